The van der Waals surface area contributed by atoms with E-state index in [9.17, 15) is 4.79 Å². The van der Waals surface area contributed by atoms with Crippen molar-refractivity contribution < 1.29 is 4.79 Å². The van der Waals surface area contributed by atoms with Crippen molar-refractivity contribution in [1.29, 1.82) is 0 Å². The molecule has 1 aromatic rings. The van der Waals surface area contributed by atoms with E-state index in [4.69, 9.17) is 5.73 Å². The van der Waals surface area contributed by atoms with Crippen molar-refractivity contribution in [3.8, 4) is 0 Å². The van der Waals surface area contributed by atoms with Crippen molar-refractivity contribution in [2.75, 3.05) is 6.54 Å². The minimum Gasteiger partial charge on any atom is -0.349 e. The highest BCUT2D eigenvalue weighted by molar-refractivity contribution is 5.87. The number of carbonyl (C=O) groups is 1. The summed E-state index contributed by atoms with van der Waals surface area (Å²) in [6, 6.07) is 9.82. The van der Waals surface area contributed by atoms with Crippen molar-refractivity contribution in [3.05, 3.63) is 35.9 Å². The Hall–Kier alpha value is -1.35. The van der Waals surface area contributed by atoms with E-state index in [1.807, 2.05) is 51.1 Å². The van der Waals surface area contributed by atoms with Crippen LogP contribution in [-0.4, -0.2) is 18.0 Å². The maximum atomic E-state index is 12.6. The van der Waals surface area contributed by atoms with Crippen molar-refractivity contribution in [2.24, 2.45) is 11.7 Å². The second-order valence-corrected chi connectivity index (χ2v) is 6.22. The fourth-order valence-electron chi connectivity index (χ4n) is 1.83. The largest absolute Gasteiger partial charge is 0.349 e. The van der Waals surface area contributed by atoms with E-state index in [0.717, 1.165) is 5.56 Å². The van der Waals surface area contributed by atoms with E-state index in [1.165, 1.54) is 0 Å². The number of hydrogen-bond donors (Lipinski definition) is 2. The Bertz CT molecular complexity index is 426. The van der Waals surface area contributed by atoms with Crippen LogP contribution in [0.25, 0.3) is 0 Å². The molecule has 3 N–H and O–H groups in total. The average Bonchev–Trinajstić information content (AvgIpc) is 2.39. The van der Waals surface area contributed by atoms with Crippen LogP contribution in [0.4, 0.5) is 0 Å². The van der Waals surface area contributed by atoms with Gasteiger partial charge in [0.2, 0.25) is 5.91 Å². The lowest BCUT2D eigenvalue weighted by Gasteiger charge is -2.37. The predicted molar refractivity (Wildman–Crippen MR) is 79.9 cm³/mol. The molecule has 3 heteroatoms. The molecule has 1 amide bonds. The third kappa shape index (κ3) is 3.35. The molecule has 1 unspecified atom stereocenters. The summed E-state index contributed by atoms with van der Waals surface area (Å²) in [4.78, 5) is 12.6. The van der Waals surface area contributed by atoms with Crippen LogP contribution in [0, 0.1) is 5.92 Å². The summed E-state index contributed by atoms with van der Waals surface area (Å²) < 4.78 is 0. The molecule has 19 heavy (non-hydrogen) atoms. The zero-order valence-electron chi connectivity index (χ0n) is 12.7. The highest BCUT2D eigenvalue weighted by Gasteiger charge is 2.36. The number of carbonyl (C=O) groups excluding carboxylic acids is 1. The Kier molecular flexibility index (Phi) is 4.75. The van der Waals surface area contributed by atoms with Gasteiger partial charge >= 0.3 is 0 Å². The minimum atomic E-state index is -0.563. The Morgan fingerprint density at radius 1 is 1.21 bits per heavy atom. The third-order valence-electron chi connectivity index (χ3n) is 4.16. The standard InChI is InChI=1S/C16H26N2O/c1-12(2)16(5,11-17)18-14(19)15(3,4)13-9-7-6-8-10-13/h6-10,12H,11,17H2,1-5H3,(H,18,19). The molecule has 0 radical (unpaired) electrons. The fraction of sp³-hybridized carbons (Fsp3) is 0.562. The summed E-state index contributed by atoms with van der Waals surface area (Å²) in [5.41, 5.74) is 5.90. The van der Waals surface area contributed by atoms with Crippen LogP contribution in [0.3, 0.4) is 0 Å². The number of benzene rings is 1. The van der Waals surface area contributed by atoms with Gasteiger partial charge < -0.3 is 11.1 Å². The highest BCUT2D eigenvalue weighted by Crippen LogP contribution is 2.25. The lowest BCUT2D eigenvalue weighted by molar-refractivity contribution is -0.128. The second-order valence-electron chi connectivity index (χ2n) is 6.22. The van der Waals surface area contributed by atoms with Gasteiger partial charge in [-0.15, -0.1) is 0 Å². The SMILES string of the molecule is CC(C)C(C)(CN)NC(=O)C(C)(C)c1ccccc1. The molecule has 0 bridgehead atoms. The predicted octanol–water partition coefficient (Wildman–Crippen LogP) is 2.45. The zero-order chi connectivity index (χ0) is 14.7. The molecule has 1 atom stereocenters. The summed E-state index contributed by atoms with van der Waals surface area (Å²) in [7, 11) is 0. The van der Waals surface area contributed by atoms with Crippen molar-refractivity contribution in [1.82, 2.24) is 5.32 Å². The molecule has 0 aliphatic rings. The molecule has 0 aromatic heterocycles. The van der Waals surface area contributed by atoms with Crippen LogP contribution in [0.2, 0.25) is 0 Å². The maximum Gasteiger partial charge on any atom is 0.230 e. The lowest BCUT2D eigenvalue weighted by Crippen LogP contribution is -2.58. The molecule has 0 fully saturated rings. The van der Waals surface area contributed by atoms with Gasteiger partial charge in [0.15, 0.2) is 0 Å². The van der Waals surface area contributed by atoms with Crippen molar-refractivity contribution >= 4 is 5.91 Å². The fourth-order valence-corrected chi connectivity index (χ4v) is 1.83. The molecule has 1 aromatic carbocycles. The maximum absolute atomic E-state index is 12.6. The van der Waals surface area contributed by atoms with Crippen LogP contribution >= 0.6 is 0 Å². The van der Waals surface area contributed by atoms with Crippen molar-refractivity contribution in [3.63, 3.8) is 0 Å². The smallest absolute Gasteiger partial charge is 0.230 e. The minimum absolute atomic E-state index is 0.0142. The number of nitrogens with one attached hydrogen (secondary N) is 1. The van der Waals surface area contributed by atoms with Gasteiger partial charge in [0.25, 0.3) is 0 Å². The van der Waals surface area contributed by atoms with Gasteiger partial charge in [-0.3, -0.25) is 4.79 Å². The van der Waals surface area contributed by atoms with Crippen LogP contribution in [0.15, 0.2) is 30.3 Å². The monoisotopic (exact) mass is 262 g/mol. The molecule has 106 valence electrons. The first-order valence-electron chi connectivity index (χ1n) is 6.82. The molecule has 1 rings (SSSR count). The van der Waals surface area contributed by atoms with Crippen molar-refractivity contribution in [2.45, 2.75) is 45.6 Å². The van der Waals surface area contributed by atoms with E-state index >= 15 is 0 Å². The number of nitrogens with two attached hydrogens (primary N) is 1. The van der Waals surface area contributed by atoms with E-state index < -0.39 is 5.41 Å². The van der Waals surface area contributed by atoms with E-state index in [0.29, 0.717) is 6.54 Å². The molecule has 3 nitrogen and oxygen atoms in total. The van der Waals surface area contributed by atoms with Crippen LogP contribution in [0.5, 0.6) is 0 Å². The molecular weight excluding hydrogens is 236 g/mol. The first kappa shape index (κ1) is 15.7. The zero-order valence-corrected chi connectivity index (χ0v) is 12.7. The molecule has 0 spiro atoms. The third-order valence-corrected chi connectivity index (χ3v) is 4.16. The Morgan fingerprint density at radius 2 is 1.74 bits per heavy atom. The van der Waals surface area contributed by atoms with Gasteiger partial charge in [-0.1, -0.05) is 44.2 Å². The molecule has 0 saturated heterocycles. The lowest BCUT2D eigenvalue weighted by atomic mass is 9.81. The quantitative estimate of drug-likeness (QED) is 0.856. The van der Waals surface area contributed by atoms with E-state index in [1.54, 1.807) is 0 Å². The Balaban J connectivity index is 2.94. The first-order valence-corrected chi connectivity index (χ1v) is 6.82. The molecule has 0 aliphatic carbocycles. The average molecular weight is 262 g/mol. The van der Waals surface area contributed by atoms with Gasteiger partial charge in [0.1, 0.15) is 0 Å². The number of hydrogen-bond acceptors (Lipinski definition) is 2. The first-order chi connectivity index (χ1) is 8.74. The van der Waals surface area contributed by atoms with Gasteiger partial charge in [-0.05, 0) is 32.3 Å². The van der Waals surface area contributed by atoms with Crippen LogP contribution in [-0.2, 0) is 10.2 Å². The number of amides is 1. The highest BCUT2D eigenvalue weighted by atomic mass is 16.2. The van der Waals surface area contributed by atoms with Gasteiger partial charge in [-0.2, -0.15) is 0 Å². The van der Waals surface area contributed by atoms with E-state index in [2.05, 4.69) is 19.2 Å². The molecular formula is C16H26N2O. The summed E-state index contributed by atoms with van der Waals surface area (Å²) >= 11 is 0. The normalized spacial score (nSPS) is 15.1. The molecule has 0 heterocycles. The van der Waals surface area contributed by atoms with Gasteiger partial charge in [-0.25, -0.2) is 0 Å². The Morgan fingerprint density at radius 3 is 2.16 bits per heavy atom. The van der Waals surface area contributed by atoms with Crippen LogP contribution in [0.1, 0.15) is 40.2 Å². The summed E-state index contributed by atoms with van der Waals surface area (Å²) in [5, 5.41) is 3.12. The number of rotatable bonds is 5. The molecule has 0 aliphatic heterocycles. The van der Waals surface area contributed by atoms with Gasteiger partial charge in [0, 0.05) is 6.54 Å². The second kappa shape index (κ2) is 5.74. The Labute approximate surface area is 116 Å². The van der Waals surface area contributed by atoms with Gasteiger partial charge in [0.05, 0.1) is 11.0 Å². The molecule has 0 saturated carbocycles. The topological polar surface area (TPSA) is 55.1 Å². The summed E-state index contributed by atoms with van der Waals surface area (Å²) in [6.07, 6.45) is 0. The summed E-state index contributed by atoms with van der Waals surface area (Å²) in [5.74, 6) is 0.299. The summed E-state index contributed by atoms with van der Waals surface area (Å²) in [6.45, 7) is 10.5. The van der Waals surface area contributed by atoms with Crippen LogP contribution < -0.4 is 11.1 Å². The van der Waals surface area contributed by atoms with E-state index in [-0.39, 0.29) is 17.4 Å².